The standard InChI is InChI=1S/C13H19N3O/c1-4-8-14-13(17)12-7-6-11(9-15-12)16-10(3)5-2/h4,6-7,9-10,16H,1,5,8H2,2-3H3,(H,14,17). The van der Waals surface area contributed by atoms with Crippen LogP contribution in [0.25, 0.3) is 0 Å². The van der Waals surface area contributed by atoms with Crippen molar-refractivity contribution < 1.29 is 4.79 Å². The maximum atomic E-state index is 11.6. The minimum Gasteiger partial charge on any atom is -0.381 e. The molecule has 0 aliphatic carbocycles. The molecule has 1 aromatic rings. The molecule has 92 valence electrons. The van der Waals surface area contributed by atoms with Crippen molar-refractivity contribution in [2.24, 2.45) is 0 Å². The fourth-order valence-electron chi connectivity index (χ4n) is 1.26. The number of carbonyl (C=O) groups is 1. The van der Waals surface area contributed by atoms with Crippen LogP contribution in [0.3, 0.4) is 0 Å². The number of amides is 1. The summed E-state index contributed by atoms with van der Waals surface area (Å²) in [4.78, 5) is 15.7. The number of nitrogens with zero attached hydrogens (tertiary/aromatic N) is 1. The van der Waals surface area contributed by atoms with Crippen LogP contribution in [0.15, 0.2) is 31.0 Å². The van der Waals surface area contributed by atoms with Crippen molar-refractivity contribution in [1.29, 1.82) is 0 Å². The van der Waals surface area contributed by atoms with E-state index in [0.29, 0.717) is 18.3 Å². The fourth-order valence-corrected chi connectivity index (χ4v) is 1.26. The first-order chi connectivity index (χ1) is 8.17. The minimum atomic E-state index is -0.181. The van der Waals surface area contributed by atoms with Gasteiger partial charge < -0.3 is 10.6 Å². The van der Waals surface area contributed by atoms with E-state index in [9.17, 15) is 4.79 Å². The normalized spacial score (nSPS) is 11.6. The van der Waals surface area contributed by atoms with Gasteiger partial charge in [-0.2, -0.15) is 0 Å². The quantitative estimate of drug-likeness (QED) is 0.741. The molecule has 1 unspecified atom stereocenters. The Bertz CT molecular complexity index is 373. The summed E-state index contributed by atoms with van der Waals surface area (Å²) in [5.41, 5.74) is 1.35. The van der Waals surface area contributed by atoms with Gasteiger partial charge in [-0.15, -0.1) is 6.58 Å². The van der Waals surface area contributed by atoms with Gasteiger partial charge in [-0.3, -0.25) is 4.79 Å². The number of hydrogen-bond acceptors (Lipinski definition) is 3. The molecule has 0 spiro atoms. The van der Waals surface area contributed by atoms with Crippen LogP contribution < -0.4 is 10.6 Å². The Balaban J connectivity index is 2.61. The maximum absolute atomic E-state index is 11.6. The lowest BCUT2D eigenvalue weighted by molar-refractivity contribution is 0.0953. The number of pyridine rings is 1. The molecule has 1 atom stereocenters. The van der Waals surface area contributed by atoms with E-state index in [-0.39, 0.29) is 5.91 Å². The molecule has 2 N–H and O–H groups in total. The predicted octanol–water partition coefficient (Wildman–Crippen LogP) is 2.21. The highest BCUT2D eigenvalue weighted by atomic mass is 16.1. The zero-order valence-electron chi connectivity index (χ0n) is 10.4. The lowest BCUT2D eigenvalue weighted by Gasteiger charge is -2.12. The first-order valence-corrected chi connectivity index (χ1v) is 5.79. The van der Waals surface area contributed by atoms with Gasteiger partial charge in [0, 0.05) is 12.6 Å². The highest BCUT2D eigenvalue weighted by molar-refractivity contribution is 5.92. The number of carbonyl (C=O) groups excluding carboxylic acids is 1. The van der Waals surface area contributed by atoms with Gasteiger partial charge in [0.1, 0.15) is 5.69 Å². The van der Waals surface area contributed by atoms with Gasteiger partial charge >= 0.3 is 0 Å². The van der Waals surface area contributed by atoms with Crippen molar-refractivity contribution in [2.75, 3.05) is 11.9 Å². The van der Waals surface area contributed by atoms with Crippen LogP contribution >= 0.6 is 0 Å². The second kappa shape index (κ2) is 6.68. The van der Waals surface area contributed by atoms with Crippen LogP contribution in [0.4, 0.5) is 5.69 Å². The summed E-state index contributed by atoms with van der Waals surface area (Å²) in [5, 5.41) is 5.97. The second-order valence-electron chi connectivity index (χ2n) is 3.88. The Labute approximate surface area is 102 Å². The molecule has 0 aromatic carbocycles. The fraction of sp³-hybridized carbons (Fsp3) is 0.385. The van der Waals surface area contributed by atoms with E-state index in [4.69, 9.17) is 0 Å². The number of hydrogen-bond donors (Lipinski definition) is 2. The zero-order chi connectivity index (χ0) is 12.7. The van der Waals surface area contributed by atoms with Crippen molar-refractivity contribution >= 4 is 11.6 Å². The summed E-state index contributed by atoms with van der Waals surface area (Å²) < 4.78 is 0. The van der Waals surface area contributed by atoms with Crippen molar-refractivity contribution in [3.8, 4) is 0 Å². The van der Waals surface area contributed by atoms with Gasteiger partial charge in [-0.25, -0.2) is 4.98 Å². The van der Waals surface area contributed by atoms with E-state index in [2.05, 4.69) is 36.0 Å². The summed E-state index contributed by atoms with van der Waals surface area (Å²) in [6.45, 7) is 8.20. The van der Waals surface area contributed by atoms with Gasteiger partial charge in [0.2, 0.25) is 0 Å². The zero-order valence-corrected chi connectivity index (χ0v) is 10.4. The Morgan fingerprint density at radius 2 is 2.35 bits per heavy atom. The van der Waals surface area contributed by atoms with Gasteiger partial charge in [-0.1, -0.05) is 13.0 Å². The third-order valence-corrected chi connectivity index (χ3v) is 2.43. The SMILES string of the molecule is C=CCNC(=O)c1ccc(NC(C)CC)cn1. The maximum Gasteiger partial charge on any atom is 0.270 e. The van der Waals surface area contributed by atoms with E-state index in [1.807, 2.05) is 6.07 Å². The molecule has 4 nitrogen and oxygen atoms in total. The first-order valence-electron chi connectivity index (χ1n) is 5.79. The van der Waals surface area contributed by atoms with Gasteiger partial charge in [0.25, 0.3) is 5.91 Å². The topological polar surface area (TPSA) is 54.0 Å². The summed E-state index contributed by atoms with van der Waals surface area (Å²) in [7, 11) is 0. The first kappa shape index (κ1) is 13.2. The van der Waals surface area contributed by atoms with Crippen LogP contribution in [0.5, 0.6) is 0 Å². The summed E-state index contributed by atoms with van der Waals surface area (Å²) in [5.74, 6) is -0.181. The monoisotopic (exact) mass is 233 g/mol. The predicted molar refractivity (Wildman–Crippen MR) is 70.1 cm³/mol. The van der Waals surface area contributed by atoms with Crippen LogP contribution in [0.2, 0.25) is 0 Å². The molecule has 17 heavy (non-hydrogen) atoms. The van der Waals surface area contributed by atoms with Crippen LogP contribution in [0.1, 0.15) is 30.8 Å². The van der Waals surface area contributed by atoms with Crippen LogP contribution in [0, 0.1) is 0 Å². The average Bonchev–Trinajstić information content (AvgIpc) is 2.36. The molecule has 0 bridgehead atoms. The molecule has 0 radical (unpaired) electrons. The lowest BCUT2D eigenvalue weighted by Crippen LogP contribution is -2.24. The summed E-state index contributed by atoms with van der Waals surface area (Å²) in [6, 6.07) is 3.97. The van der Waals surface area contributed by atoms with Crippen molar-refractivity contribution in [3.63, 3.8) is 0 Å². The molecule has 1 aromatic heterocycles. The largest absolute Gasteiger partial charge is 0.381 e. The summed E-state index contributed by atoms with van der Waals surface area (Å²) >= 11 is 0. The average molecular weight is 233 g/mol. The summed E-state index contributed by atoms with van der Waals surface area (Å²) in [6.07, 6.45) is 4.35. The molecule has 0 aliphatic heterocycles. The van der Waals surface area contributed by atoms with Gasteiger partial charge in [0.15, 0.2) is 0 Å². The lowest BCUT2D eigenvalue weighted by atomic mass is 10.2. The van der Waals surface area contributed by atoms with Crippen LogP contribution in [-0.4, -0.2) is 23.5 Å². The van der Waals surface area contributed by atoms with Gasteiger partial charge in [-0.05, 0) is 25.5 Å². The molecular formula is C13H19N3O. The highest BCUT2D eigenvalue weighted by Crippen LogP contribution is 2.08. The molecule has 0 saturated heterocycles. The van der Waals surface area contributed by atoms with Crippen LogP contribution in [-0.2, 0) is 0 Å². The molecular weight excluding hydrogens is 214 g/mol. The van der Waals surface area contributed by atoms with E-state index in [1.165, 1.54) is 0 Å². The van der Waals surface area contributed by atoms with E-state index in [1.54, 1.807) is 18.3 Å². The minimum absolute atomic E-state index is 0.181. The molecule has 1 amide bonds. The molecule has 1 heterocycles. The molecule has 4 heteroatoms. The van der Waals surface area contributed by atoms with E-state index < -0.39 is 0 Å². The third kappa shape index (κ3) is 4.26. The van der Waals surface area contributed by atoms with Crippen molar-refractivity contribution in [2.45, 2.75) is 26.3 Å². The molecule has 1 rings (SSSR count). The van der Waals surface area contributed by atoms with E-state index in [0.717, 1.165) is 12.1 Å². The number of nitrogens with one attached hydrogen (secondary N) is 2. The van der Waals surface area contributed by atoms with Crippen molar-refractivity contribution in [1.82, 2.24) is 10.3 Å². The van der Waals surface area contributed by atoms with Crippen molar-refractivity contribution in [3.05, 3.63) is 36.7 Å². The number of aromatic nitrogens is 1. The Kier molecular flexibility index (Phi) is 5.20. The third-order valence-electron chi connectivity index (χ3n) is 2.43. The van der Waals surface area contributed by atoms with E-state index >= 15 is 0 Å². The highest BCUT2D eigenvalue weighted by Gasteiger charge is 2.06. The Hall–Kier alpha value is -1.84. The molecule has 0 aliphatic rings. The smallest absolute Gasteiger partial charge is 0.270 e. The Morgan fingerprint density at radius 1 is 1.59 bits per heavy atom. The molecule has 0 fully saturated rings. The second-order valence-corrected chi connectivity index (χ2v) is 3.88. The number of rotatable bonds is 6. The molecule has 0 saturated carbocycles. The number of anilines is 1. The Morgan fingerprint density at radius 3 is 2.88 bits per heavy atom. The van der Waals surface area contributed by atoms with Gasteiger partial charge in [0.05, 0.1) is 11.9 Å².